The normalized spacial score (nSPS) is 10.4. The van der Waals surface area contributed by atoms with Crippen molar-refractivity contribution in [2.75, 3.05) is 0 Å². The van der Waals surface area contributed by atoms with Gasteiger partial charge in [0.1, 0.15) is 0 Å². The number of carbonyl (C=O) groups excluding carboxylic acids is 1. The molecule has 0 saturated heterocycles. The number of nitrogens with two attached hydrogens (primary N) is 1. The van der Waals surface area contributed by atoms with Crippen LogP contribution in [0.15, 0.2) is 30.6 Å². The van der Waals surface area contributed by atoms with Crippen LogP contribution in [0.5, 0.6) is 0 Å². The Hall–Kier alpha value is -1.52. The number of rotatable bonds is 2. The van der Waals surface area contributed by atoms with Crippen molar-refractivity contribution < 1.29 is 4.79 Å². The minimum absolute atomic E-state index is 0.219. The van der Waals surface area contributed by atoms with Crippen molar-refractivity contribution >= 4 is 29.1 Å². The molecule has 1 aromatic heterocycles. The van der Waals surface area contributed by atoms with Crippen LogP contribution in [-0.4, -0.2) is 15.7 Å². The van der Waals surface area contributed by atoms with Crippen LogP contribution in [-0.2, 0) is 0 Å². The quantitative estimate of drug-likeness (QED) is 0.895. The maximum Gasteiger partial charge on any atom is 0.250 e. The van der Waals surface area contributed by atoms with Crippen LogP contribution in [0.3, 0.4) is 0 Å². The number of aromatic nitrogens is 2. The maximum atomic E-state index is 11.1. The highest BCUT2D eigenvalue weighted by atomic mass is 35.5. The number of nitrogens with zero attached hydrogens (tertiary/aromatic N) is 2. The van der Waals surface area contributed by atoms with Crippen LogP contribution >= 0.6 is 23.2 Å². The Labute approximate surface area is 102 Å². The highest BCUT2D eigenvalue weighted by Crippen LogP contribution is 2.27. The summed E-state index contributed by atoms with van der Waals surface area (Å²) in [6.45, 7) is 0. The molecule has 82 valence electrons. The number of carbonyl (C=O) groups is 1. The van der Waals surface area contributed by atoms with Gasteiger partial charge in [0.2, 0.25) is 5.91 Å². The monoisotopic (exact) mass is 255 g/mol. The fourth-order valence-electron chi connectivity index (χ4n) is 1.31. The van der Waals surface area contributed by atoms with Gasteiger partial charge in [-0.05, 0) is 18.2 Å². The van der Waals surface area contributed by atoms with Crippen molar-refractivity contribution in [1.82, 2.24) is 9.78 Å². The van der Waals surface area contributed by atoms with E-state index in [-0.39, 0.29) is 10.6 Å². The summed E-state index contributed by atoms with van der Waals surface area (Å²) < 4.78 is 1.53. The summed E-state index contributed by atoms with van der Waals surface area (Å²) in [5.74, 6) is -0.602. The molecule has 0 saturated carbocycles. The van der Waals surface area contributed by atoms with E-state index in [1.807, 2.05) is 0 Å². The van der Waals surface area contributed by atoms with Gasteiger partial charge in [-0.3, -0.25) is 4.79 Å². The molecule has 16 heavy (non-hydrogen) atoms. The molecular formula is C10H7Cl2N3O. The summed E-state index contributed by atoms with van der Waals surface area (Å²) in [5, 5.41) is 4.65. The topological polar surface area (TPSA) is 60.9 Å². The highest BCUT2D eigenvalue weighted by molar-refractivity contribution is 6.37. The van der Waals surface area contributed by atoms with Crippen LogP contribution in [0.1, 0.15) is 10.4 Å². The van der Waals surface area contributed by atoms with E-state index >= 15 is 0 Å². The lowest BCUT2D eigenvalue weighted by Gasteiger charge is -2.07. The molecule has 1 heterocycles. The molecule has 4 nitrogen and oxygen atoms in total. The lowest BCUT2D eigenvalue weighted by Crippen LogP contribution is -2.12. The number of hydrogen-bond donors (Lipinski definition) is 1. The molecule has 1 aromatic carbocycles. The molecule has 0 radical (unpaired) electrons. The Morgan fingerprint density at radius 1 is 1.31 bits per heavy atom. The van der Waals surface area contributed by atoms with Crippen LogP contribution in [0.4, 0.5) is 0 Å². The van der Waals surface area contributed by atoms with Gasteiger partial charge in [0.15, 0.2) is 0 Å². The third kappa shape index (κ3) is 1.89. The van der Waals surface area contributed by atoms with Crippen LogP contribution in [0.25, 0.3) is 5.69 Å². The van der Waals surface area contributed by atoms with Crippen molar-refractivity contribution in [3.05, 3.63) is 46.2 Å². The maximum absolute atomic E-state index is 11.1. The van der Waals surface area contributed by atoms with E-state index in [2.05, 4.69) is 5.10 Å². The zero-order valence-electron chi connectivity index (χ0n) is 8.02. The smallest absolute Gasteiger partial charge is 0.250 e. The summed E-state index contributed by atoms with van der Waals surface area (Å²) in [6, 6.07) is 4.73. The van der Waals surface area contributed by atoms with E-state index < -0.39 is 5.91 Å². The van der Waals surface area contributed by atoms with E-state index in [1.165, 1.54) is 16.8 Å². The molecule has 0 aliphatic carbocycles. The summed E-state index contributed by atoms with van der Waals surface area (Å²) >= 11 is 11.8. The number of halogens is 2. The number of primary amides is 1. The van der Waals surface area contributed by atoms with Crippen molar-refractivity contribution in [3.8, 4) is 5.69 Å². The standard InChI is InChI=1S/C10H7Cl2N3O/c11-7-5-8(12)9(4-6(7)10(13)16)15-3-1-2-14-15/h1-5H,(H2,13,16). The third-order valence-corrected chi connectivity index (χ3v) is 2.67. The molecule has 2 aromatic rings. The molecule has 0 spiro atoms. The van der Waals surface area contributed by atoms with Crippen LogP contribution < -0.4 is 5.73 Å². The molecule has 0 atom stereocenters. The molecule has 0 aliphatic rings. The van der Waals surface area contributed by atoms with Gasteiger partial charge in [-0.1, -0.05) is 23.2 Å². The Morgan fingerprint density at radius 2 is 2.06 bits per heavy atom. The fourth-order valence-corrected chi connectivity index (χ4v) is 1.88. The van der Waals surface area contributed by atoms with E-state index in [0.717, 1.165) is 0 Å². The second-order valence-electron chi connectivity index (χ2n) is 3.10. The van der Waals surface area contributed by atoms with Crippen molar-refractivity contribution in [1.29, 1.82) is 0 Å². The molecule has 1 amide bonds. The Bertz CT molecular complexity index is 537. The third-order valence-electron chi connectivity index (χ3n) is 2.05. The molecule has 0 fully saturated rings. The van der Waals surface area contributed by atoms with Gasteiger partial charge in [-0.25, -0.2) is 4.68 Å². The van der Waals surface area contributed by atoms with Gasteiger partial charge < -0.3 is 5.73 Å². The lowest BCUT2D eigenvalue weighted by atomic mass is 10.2. The largest absolute Gasteiger partial charge is 0.366 e. The summed E-state index contributed by atoms with van der Waals surface area (Å²) in [4.78, 5) is 11.1. The van der Waals surface area contributed by atoms with E-state index in [4.69, 9.17) is 28.9 Å². The Balaban J connectivity index is 2.63. The zero-order chi connectivity index (χ0) is 11.7. The van der Waals surface area contributed by atoms with Crippen LogP contribution in [0, 0.1) is 0 Å². The minimum Gasteiger partial charge on any atom is -0.366 e. The average molecular weight is 256 g/mol. The second-order valence-corrected chi connectivity index (χ2v) is 3.91. The average Bonchev–Trinajstić information content (AvgIpc) is 2.70. The molecule has 2 rings (SSSR count). The van der Waals surface area contributed by atoms with Gasteiger partial charge in [0.25, 0.3) is 0 Å². The first-order valence-electron chi connectivity index (χ1n) is 4.38. The van der Waals surface area contributed by atoms with Gasteiger partial charge in [-0.2, -0.15) is 5.10 Å². The van der Waals surface area contributed by atoms with Crippen LogP contribution in [0.2, 0.25) is 10.0 Å². The summed E-state index contributed by atoms with van der Waals surface area (Å²) in [6.07, 6.45) is 3.31. The minimum atomic E-state index is -0.602. The van der Waals surface area contributed by atoms with E-state index in [0.29, 0.717) is 10.7 Å². The zero-order valence-corrected chi connectivity index (χ0v) is 9.53. The first kappa shape index (κ1) is 11.0. The molecule has 0 bridgehead atoms. The number of benzene rings is 1. The van der Waals surface area contributed by atoms with Gasteiger partial charge >= 0.3 is 0 Å². The van der Waals surface area contributed by atoms with Gasteiger partial charge in [0, 0.05) is 12.4 Å². The number of amides is 1. The van der Waals surface area contributed by atoms with Crippen molar-refractivity contribution in [2.45, 2.75) is 0 Å². The second kappa shape index (κ2) is 4.15. The predicted molar refractivity (Wildman–Crippen MR) is 62.1 cm³/mol. The van der Waals surface area contributed by atoms with Gasteiger partial charge in [-0.15, -0.1) is 0 Å². The van der Waals surface area contributed by atoms with Gasteiger partial charge in [0.05, 0.1) is 21.3 Å². The predicted octanol–water partition coefficient (Wildman–Crippen LogP) is 2.28. The van der Waals surface area contributed by atoms with Crippen molar-refractivity contribution in [3.63, 3.8) is 0 Å². The van der Waals surface area contributed by atoms with Crippen molar-refractivity contribution in [2.24, 2.45) is 5.73 Å². The van der Waals surface area contributed by atoms with E-state index in [1.54, 1.807) is 18.5 Å². The molecule has 2 N–H and O–H groups in total. The lowest BCUT2D eigenvalue weighted by molar-refractivity contribution is 0.100. The highest BCUT2D eigenvalue weighted by Gasteiger charge is 2.12. The van der Waals surface area contributed by atoms with E-state index in [9.17, 15) is 4.79 Å². The molecule has 6 heteroatoms. The first-order chi connectivity index (χ1) is 7.59. The Morgan fingerprint density at radius 3 is 2.62 bits per heavy atom. The first-order valence-corrected chi connectivity index (χ1v) is 5.14. The fraction of sp³-hybridized carbons (Fsp3) is 0. The number of hydrogen-bond acceptors (Lipinski definition) is 2. The summed E-state index contributed by atoms with van der Waals surface area (Å²) in [5.41, 5.74) is 5.97. The molecular weight excluding hydrogens is 249 g/mol. The SMILES string of the molecule is NC(=O)c1cc(-n2cccn2)c(Cl)cc1Cl. The Kier molecular flexibility index (Phi) is 2.85. The molecule has 0 aliphatic heterocycles. The summed E-state index contributed by atoms with van der Waals surface area (Å²) in [7, 11) is 0. The molecule has 0 unspecified atom stereocenters.